The van der Waals surface area contributed by atoms with Gasteiger partial charge in [0.05, 0.1) is 5.69 Å². The molecule has 1 aromatic heterocycles. The van der Waals surface area contributed by atoms with E-state index in [-0.39, 0.29) is 11.9 Å². The van der Waals surface area contributed by atoms with Gasteiger partial charge in [0.15, 0.2) is 11.5 Å². The molecule has 2 N–H and O–H groups in total. The summed E-state index contributed by atoms with van der Waals surface area (Å²) >= 11 is 0. The summed E-state index contributed by atoms with van der Waals surface area (Å²) in [6.45, 7) is 2.77. The number of nitrogens with one attached hydrogen (secondary N) is 2. The second kappa shape index (κ2) is 8.58. The highest BCUT2D eigenvalue weighted by Gasteiger charge is 2.25. The summed E-state index contributed by atoms with van der Waals surface area (Å²) in [7, 11) is 0. The van der Waals surface area contributed by atoms with Crippen LogP contribution < -0.4 is 14.8 Å². The van der Waals surface area contributed by atoms with Gasteiger partial charge in [0.1, 0.15) is 13.2 Å². The van der Waals surface area contributed by atoms with E-state index in [1.54, 1.807) is 0 Å². The average Bonchev–Trinajstić information content (AvgIpc) is 3.21. The van der Waals surface area contributed by atoms with Crippen molar-refractivity contribution in [2.24, 2.45) is 0 Å². The molecule has 1 aromatic carbocycles. The largest absolute Gasteiger partial charge is 0.486 e. The van der Waals surface area contributed by atoms with E-state index in [0.29, 0.717) is 19.6 Å². The zero-order valence-electron chi connectivity index (χ0n) is 17.4. The topological polar surface area (TPSA) is 79.5 Å². The van der Waals surface area contributed by atoms with Crippen molar-refractivity contribution >= 4 is 11.6 Å². The van der Waals surface area contributed by atoms with E-state index in [1.165, 1.54) is 24.1 Å². The van der Waals surface area contributed by atoms with Crippen LogP contribution in [0, 0.1) is 0 Å². The lowest BCUT2D eigenvalue weighted by Gasteiger charge is -2.34. The Balaban J connectivity index is 1.16. The molecule has 0 spiro atoms. The lowest BCUT2D eigenvalue weighted by Crippen LogP contribution is -2.45. The molecule has 30 heavy (non-hydrogen) atoms. The number of hydrogen-bond donors (Lipinski definition) is 2. The van der Waals surface area contributed by atoms with Crippen molar-refractivity contribution < 1.29 is 14.3 Å². The third kappa shape index (κ3) is 4.11. The van der Waals surface area contributed by atoms with Crippen LogP contribution in [0.4, 0.5) is 5.69 Å². The maximum atomic E-state index is 12.9. The minimum Gasteiger partial charge on any atom is -0.486 e. The molecule has 160 valence electrons. The lowest BCUT2D eigenvalue weighted by atomic mass is 9.94. The lowest BCUT2D eigenvalue weighted by molar-refractivity contribution is -0.132. The predicted molar refractivity (Wildman–Crippen MR) is 114 cm³/mol. The molecule has 7 nitrogen and oxygen atoms in total. The van der Waals surface area contributed by atoms with Gasteiger partial charge in [0.2, 0.25) is 5.91 Å². The standard InChI is InChI=1S/C23H30N4O3/c28-23(10-8-20-18-5-1-2-6-19(18)25-26-20)27-11-3-4-17(15-27)24-16-7-9-21-22(14-16)30-13-12-29-21/h7,9,14,17,24H,1-6,8,10-13,15H2,(H,25,26)/t17-/m1/s1. The van der Waals surface area contributed by atoms with E-state index < -0.39 is 0 Å². The zero-order chi connectivity index (χ0) is 20.3. The molecular weight excluding hydrogens is 380 g/mol. The molecule has 1 atom stereocenters. The van der Waals surface area contributed by atoms with Crippen LogP contribution in [0.1, 0.15) is 49.1 Å². The molecule has 1 amide bonds. The van der Waals surface area contributed by atoms with Gasteiger partial charge in [-0.15, -0.1) is 0 Å². The Hall–Kier alpha value is -2.70. The van der Waals surface area contributed by atoms with Gasteiger partial charge in [-0.05, 0) is 56.2 Å². The van der Waals surface area contributed by atoms with Crippen molar-refractivity contribution in [3.63, 3.8) is 0 Å². The number of likely N-dealkylation sites (tertiary alicyclic amines) is 1. The smallest absolute Gasteiger partial charge is 0.223 e. The highest BCUT2D eigenvalue weighted by Crippen LogP contribution is 2.33. The fourth-order valence-electron chi connectivity index (χ4n) is 4.83. The van der Waals surface area contributed by atoms with Gasteiger partial charge in [-0.25, -0.2) is 0 Å². The van der Waals surface area contributed by atoms with Crippen molar-refractivity contribution in [2.75, 3.05) is 31.6 Å². The van der Waals surface area contributed by atoms with Gasteiger partial charge in [0.25, 0.3) is 0 Å². The highest BCUT2D eigenvalue weighted by molar-refractivity contribution is 5.76. The Morgan fingerprint density at radius 2 is 2.03 bits per heavy atom. The van der Waals surface area contributed by atoms with Gasteiger partial charge in [-0.3, -0.25) is 9.89 Å². The zero-order valence-corrected chi connectivity index (χ0v) is 17.4. The molecule has 0 bridgehead atoms. The number of rotatable bonds is 5. The van der Waals surface area contributed by atoms with Gasteiger partial charge in [-0.1, -0.05) is 0 Å². The van der Waals surface area contributed by atoms with Crippen LogP contribution in [0.3, 0.4) is 0 Å². The second-order valence-corrected chi connectivity index (χ2v) is 8.52. The molecular formula is C23H30N4O3. The molecule has 3 heterocycles. The molecule has 5 rings (SSSR count). The fraction of sp³-hybridized carbons (Fsp3) is 0.565. The quantitative estimate of drug-likeness (QED) is 0.792. The number of nitrogens with zero attached hydrogens (tertiary/aromatic N) is 2. The Morgan fingerprint density at radius 1 is 1.17 bits per heavy atom. The molecule has 2 aromatic rings. The maximum Gasteiger partial charge on any atom is 0.223 e. The van der Waals surface area contributed by atoms with E-state index in [4.69, 9.17) is 9.47 Å². The first-order chi connectivity index (χ1) is 14.8. The number of aryl methyl sites for hydroxylation is 2. The van der Waals surface area contributed by atoms with Crippen LogP contribution in [0.25, 0.3) is 0 Å². The van der Waals surface area contributed by atoms with Crippen molar-refractivity contribution in [1.82, 2.24) is 15.1 Å². The first-order valence-electron chi connectivity index (χ1n) is 11.3. The van der Waals surface area contributed by atoms with E-state index in [9.17, 15) is 4.79 Å². The highest BCUT2D eigenvalue weighted by atomic mass is 16.6. The van der Waals surface area contributed by atoms with Crippen molar-refractivity contribution in [3.05, 3.63) is 35.2 Å². The molecule has 7 heteroatoms. The Morgan fingerprint density at radius 3 is 2.97 bits per heavy atom. The molecule has 3 aliphatic rings. The number of anilines is 1. The van der Waals surface area contributed by atoms with E-state index in [2.05, 4.69) is 15.5 Å². The van der Waals surface area contributed by atoms with E-state index >= 15 is 0 Å². The summed E-state index contributed by atoms with van der Waals surface area (Å²) in [5, 5.41) is 11.3. The number of piperidine rings is 1. The molecule has 1 saturated heterocycles. The van der Waals surface area contributed by atoms with Crippen LogP contribution >= 0.6 is 0 Å². The van der Waals surface area contributed by atoms with Gasteiger partial charge in [-0.2, -0.15) is 5.10 Å². The van der Waals surface area contributed by atoms with Crippen molar-refractivity contribution in [1.29, 1.82) is 0 Å². The molecule has 2 aliphatic heterocycles. The predicted octanol–water partition coefficient (Wildman–Crippen LogP) is 3.10. The summed E-state index contributed by atoms with van der Waals surface area (Å²) in [6, 6.07) is 6.22. The van der Waals surface area contributed by atoms with Crippen molar-refractivity contribution in [3.8, 4) is 11.5 Å². The second-order valence-electron chi connectivity index (χ2n) is 8.52. The molecule has 0 saturated carbocycles. The summed E-state index contributed by atoms with van der Waals surface area (Å²) in [5.41, 5.74) is 4.76. The van der Waals surface area contributed by atoms with Gasteiger partial charge < -0.3 is 19.7 Å². The maximum absolute atomic E-state index is 12.9. The van der Waals surface area contributed by atoms with Crippen LogP contribution in [0.15, 0.2) is 18.2 Å². The number of fused-ring (bicyclic) bond motifs is 2. The number of hydrogen-bond acceptors (Lipinski definition) is 5. The number of amides is 1. The number of carbonyl (C=O) groups is 1. The Bertz CT molecular complexity index is 910. The van der Waals surface area contributed by atoms with Gasteiger partial charge >= 0.3 is 0 Å². The van der Waals surface area contributed by atoms with Gasteiger partial charge in [0, 0.05) is 49.4 Å². The minimum atomic E-state index is 0.233. The average molecular weight is 411 g/mol. The molecule has 0 unspecified atom stereocenters. The number of benzene rings is 1. The summed E-state index contributed by atoms with van der Waals surface area (Å²) in [6.07, 6.45) is 8.01. The normalized spacial score (nSPS) is 20.5. The first kappa shape index (κ1) is 19.3. The Kier molecular flexibility index (Phi) is 5.51. The van der Waals surface area contributed by atoms with Crippen LogP contribution in [0.5, 0.6) is 11.5 Å². The number of aromatic nitrogens is 2. The third-order valence-electron chi connectivity index (χ3n) is 6.40. The molecule has 0 radical (unpaired) electrons. The fourth-order valence-corrected chi connectivity index (χ4v) is 4.83. The summed E-state index contributed by atoms with van der Waals surface area (Å²) in [5.74, 6) is 1.82. The number of ether oxygens (including phenoxy) is 2. The van der Waals surface area contributed by atoms with Crippen molar-refractivity contribution in [2.45, 2.75) is 57.4 Å². The molecule has 1 aliphatic carbocycles. The minimum absolute atomic E-state index is 0.233. The number of H-pyrrole nitrogens is 1. The SMILES string of the molecule is O=C(CCc1n[nH]c2c1CCCC2)N1CCC[C@@H](Nc2ccc3c(c2)OCCO3)C1. The van der Waals surface area contributed by atoms with E-state index in [1.807, 2.05) is 23.1 Å². The number of carbonyl (C=O) groups excluding carboxylic acids is 1. The molecule has 1 fully saturated rings. The number of aromatic amines is 1. The Labute approximate surface area is 177 Å². The van der Waals surface area contributed by atoms with E-state index in [0.717, 1.165) is 68.1 Å². The third-order valence-corrected chi connectivity index (χ3v) is 6.40. The summed E-state index contributed by atoms with van der Waals surface area (Å²) in [4.78, 5) is 14.9. The van der Waals surface area contributed by atoms with Crippen LogP contribution in [-0.2, 0) is 24.1 Å². The first-order valence-corrected chi connectivity index (χ1v) is 11.3. The van der Waals surface area contributed by atoms with Crippen LogP contribution in [0.2, 0.25) is 0 Å². The van der Waals surface area contributed by atoms with Crippen LogP contribution in [-0.4, -0.2) is 53.3 Å². The monoisotopic (exact) mass is 410 g/mol. The summed E-state index contributed by atoms with van der Waals surface area (Å²) < 4.78 is 11.3.